The Morgan fingerprint density at radius 2 is 2.05 bits per heavy atom. The summed E-state index contributed by atoms with van der Waals surface area (Å²) in [6.45, 7) is 7.58. The minimum atomic E-state index is 0.247. The van der Waals surface area contributed by atoms with Crippen molar-refractivity contribution < 1.29 is 4.79 Å². The second kappa shape index (κ2) is 6.78. The molecule has 0 aromatic carbocycles. The van der Waals surface area contributed by atoms with Gasteiger partial charge in [-0.1, -0.05) is 6.92 Å². The molecule has 2 N–H and O–H groups in total. The average Bonchev–Trinajstić information content (AvgIpc) is 2.88. The van der Waals surface area contributed by atoms with Gasteiger partial charge in [-0.2, -0.15) is 0 Å². The zero-order valence-electron chi connectivity index (χ0n) is 12.1. The smallest absolute Gasteiger partial charge is 0.224 e. The molecular formula is C14H26N4O. The molecule has 1 aliphatic carbocycles. The van der Waals surface area contributed by atoms with E-state index in [0.717, 1.165) is 44.4 Å². The molecule has 2 aliphatic rings. The van der Waals surface area contributed by atoms with Crippen molar-refractivity contribution in [3.05, 3.63) is 0 Å². The molecule has 5 nitrogen and oxygen atoms in total. The Morgan fingerprint density at radius 3 is 2.63 bits per heavy atom. The highest BCUT2D eigenvalue weighted by Crippen LogP contribution is 2.28. The molecule has 1 saturated carbocycles. The molecule has 0 radical (unpaired) electrons. The quantitative estimate of drug-likeness (QED) is 0.576. The Kier molecular flexibility index (Phi) is 5.05. The monoisotopic (exact) mass is 266 g/mol. The number of aliphatic imine (C=N–C) groups is 1. The molecule has 1 amide bonds. The number of hydrogen-bond acceptors (Lipinski definition) is 2. The molecule has 2 unspecified atom stereocenters. The van der Waals surface area contributed by atoms with Crippen molar-refractivity contribution in [2.45, 2.75) is 45.6 Å². The van der Waals surface area contributed by atoms with E-state index in [2.05, 4.69) is 29.5 Å². The summed E-state index contributed by atoms with van der Waals surface area (Å²) in [5.74, 6) is 1.85. The molecule has 2 rings (SSSR count). The van der Waals surface area contributed by atoms with Crippen molar-refractivity contribution in [1.29, 1.82) is 0 Å². The predicted molar refractivity (Wildman–Crippen MR) is 77.1 cm³/mol. The zero-order chi connectivity index (χ0) is 13.7. The van der Waals surface area contributed by atoms with E-state index in [9.17, 15) is 4.79 Å². The molecular weight excluding hydrogens is 240 g/mol. The lowest BCUT2D eigenvalue weighted by atomic mass is 10.4. The summed E-state index contributed by atoms with van der Waals surface area (Å²) in [6.07, 6.45) is 4.05. The molecule has 0 aromatic rings. The first-order valence-electron chi connectivity index (χ1n) is 7.53. The number of hydrogen-bond donors (Lipinski definition) is 2. The molecule has 1 aliphatic heterocycles. The van der Waals surface area contributed by atoms with Gasteiger partial charge in [0.2, 0.25) is 5.91 Å². The third-order valence-electron chi connectivity index (χ3n) is 3.83. The molecule has 5 heteroatoms. The number of nitrogens with zero attached hydrogens (tertiary/aromatic N) is 2. The Labute approximate surface area is 115 Å². The van der Waals surface area contributed by atoms with Crippen LogP contribution >= 0.6 is 0 Å². The number of rotatable bonds is 5. The standard InChI is InChI=1S/C14H26N4O/c1-3-15-14(17-12-10-11(12)2)16-7-6-13(19)18-8-4-5-9-18/h11-12H,3-10H2,1-2H3,(H2,15,16,17). The highest BCUT2D eigenvalue weighted by Gasteiger charge is 2.33. The van der Waals surface area contributed by atoms with Crippen LogP contribution in [0, 0.1) is 5.92 Å². The molecule has 108 valence electrons. The van der Waals surface area contributed by atoms with Gasteiger partial charge in [-0.15, -0.1) is 0 Å². The van der Waals surface area contributed by atoms with Gasteiger partial charge in [0, 0.05) is 32.1 Å². The number of carbonyl (C=O) groups excluding carboxylic acids is 1. The number of likely N-dealkylation sites (tertiary alicyclic amines) is 1. The molecule has 0 aromatic heterocycles. The maximum atomic E-state index is 11.9. The maximum absolute atomic E-state index is 11.9. The Balaban J connectivity index is 1.72. The van der Waals surface area contributed by atoms with E-state index in [1.807, 2.05) is 4.90 Å². The fraction of sp³-hybridized carbons (Fsp3) is 0.857. The van der Waals surface area contributed by atoms with E-state index in [4.69, 9.17) is 0 Å². The average molecular weight is 266 g/mol. The summed E-state index contributed by atoms with van der Waals surface area (Å²) in [5.41, 5.74) is 0. The number of guanidine groups is 1. The van der Waals surface area contributed by atoms with Crippen LogP contribution in [-0.2, 0) is 4.79 Å². The molecule has 2 atom stereocenters. The molecule has 19 heavy (non-hydrogen) atoms. The summed E-state index contributed by atoms with van der Waals surface area (Å²) < 4.78 is 0. The van der Waals surface area contributed by atoms with Crippen LogP contribution in [0.15, 0.2) is 4.99 Å². The van der Waals surface area contributed by atoms with Crippen LogP contribution in [0.4, 0.5) is 0 Å². The van der Waals surface area contributed by atoms with E-state index in [0.29, 0.717) is 19.0 Å². The fourth-order valence-electron chi connectivity index (χ4n) is 2.41. The van der Waals surface area contributed by atoms with Gasteiger partial charge in [0.25, 0.3) is 0 Å². The van der Waals surface area contributed by atoms with E-state index < -0.39 is 0 Å². The van der Waals surface area contributed by atoms with Crippen LogP contribution in [-0.4, -0.2) is 49.0 Å². The molecule has 0 bridgehead atoms. The van der Waals surface area contributed by atoms with Crippen LogP contribution in [0.5, 0.6) is 0 Å². The fourth-order valence-corrected chi connectivity index (χ4v) is 2.41. The maximum Gasteiger partial charge on any atom is 0.224 e. The highest BCUT2D eigenvalue weighted by atomic mass is 16.2. The number of amides is 1. The van der Waals surface area contributed by atoms with Gasteiger partial charge in [-0.3, -0.25) is 9.79 Å². The molecule has 2 fully saturated rings. The summed E-state index contributed by atoms with van der Waals surface area (Å²) in [7, 11) is 0. The highest BCUT2D eigenvalue weighted by molar-refractivity contribution is 5.81. The van der Waals surface area contributed by atoms with Crippen LogP contribution in [0.1, 0.15) is 39.5 Å². The minimum Gasteiger partial charge on any atom is -0.357 e. The third-order valence-corrected chi connectivity index (χ3v) is 3.83. The van der Waals surface area contributed by atoms with Crippen LogP contribution in [0.3, 0.4) is 0 Å². The van der Waals surface area contributed by atoms with Crippen LogP contribution in [0.25, 0.3) is 0 Å². The molecule has 1 saturated heterocycles. The first-order chi connectivity index (χ1) is 9.20. The van der Waals surface area contributed by atoms with Crippen molar-refractivity contribution in [1.82, 2.24) is 15.5 Å². The summed E-state index contributed by atoms with van der Waals surface area (Å²) >= 11 is 0. The molecule has 1 heterocycles. The van der Waals surface area contributed by atoms with Gasteiger partial charge in [0.05, 0.1) is 6.54 Å². The Morgan fingerprint density at radius 1 is 1.37 bits per heavy atom. The molecule has 0 spiro atoms. The SMILES string of the molecule is CCNC(=NCCC(=O)N1CCCC1)NC1CC1C. The van der Waals surface area contributed by atoms with Gasteiger partial charge in [-0.05, 0) is 32.1 Å². The normalized spacial score (nSPS) is 26.4. The van der Waals surface area contributed by atoms with Gasteiger partial charge < -0.3 is 15.5 Å². The van der Waals surface area contributed by atoms with E-state index in [1.165, 1.54) is 6.42 Å². The van der Waals surface area contributed by atoms with Crippen molar-refractivity contribution in [2.24, 2.45) is 10.9 Å². The van der Waals surface area contributed by atoms with Gasteiger partial charge >= 0.3 is 0 Å². The van der Waals surface area contributed by atoms with Gasteiger partial charge in [0.1, 0.15) is 0 Å². The van der Waals surface area contributed by atoms with Crippen LogP contribution < -0.4 is 10.6 Å². The number of nitrogens with one attached hydrogen (secondary N) is 2. The minimum absolute atomic E-state index is 0.247. The zero-order valence-corrected chi connectivity index (χ0v) is 12.1. The summed E-state index contributed by atoms with van der Waals surface area (Å²) in [6, 6.07) is 0.562. The largest absolute Gasteiger partial charge is 0.357 e. The van der Waals surface area contributed by atoms with E-state index >= 15 is 0 Å². The van der Waals surface area contributed by atoms with Crippen molar-refractivity contribution >= 4 is 11.9 Å². The van der Waals surface area contributed by atoms with Crippen LogP contribution in [0.2, 0.25) is 0 Å². The topological polar surface area (TPSA) is 56.7 Å². The second-order valence-corrected chi connectivity index (χ2v) is 5.56. The summed E-state index contributed by atoms with van der Waals surface area (Å²) in [4.78, 5) is 18.3. The third kappa shape index (κ3) is 4.40. The number of carbonyl (C=O) groups is 1. The van der Waals surface area contributed by atoms with E-state index in [-0.39, 0.29) is 5.91 Å². The summed E-state index contributed by atoms with van der Waals surface area (Å²) in [5, 5.41) is 6.63. The van der Waals surface area contributed by atoms with Crippen molar-refractivity contribution in [3.8, 4) is 0 Å². The van der Waals surface area contributed by atoms with Crippen molar-refractivity contribution in [2.75, 3.05) is 26.2 Å². The van der Waals surface area contributed by atoms with Gasteiger partial charge in [0.15, 0.2) is 5.96 Å². The second-order valence-electron chi connectivity index (χ2n) is 5.56. The van der Waals surface area contributed by atoms with Gasteiger partial charge in [-0.25, -0.2) is 0 Å². The van der Waals surface area contributed by atoms with E-state index in [1.54, 1.807) is 0 Å². The van der Waals surface area contributed by atoms with Crippen molar-refractivity contribution in [3.63, 3.8) is 0 Å². The lowest BCUT2D eigenvalue weighted by molar-refractivity contribution is -0.129. The first kappa shape index (κ1) is 14.2. The lowest BCUT2D eigenvalue weighted by Crippen LogP contribution is -2.39. The lowest BCUT2D eigenvalue weighted by Gasteiger charge is -2.15. The first-order valence-corrected chi connectivity index (χ1v) is 7.53. The predicted octanol–water partition coefficient (Wildman–Crippen LogP) is 0.962. The Hall–Kier alpha value is -1.26. The Bertz CT molecular complexity index is 336.